The van der Waals surface area contributed by atoms with Crippen molar-refractivity contribution in [2.45, 2.75) is 27.2 Å². The number of carbonyl (C=O) groups excluding carboxylic acids is 2. The zero-order valence-electron chi connectivity index (χ0n) is 14.2. The highest BCUT2D eigenvalue weighted by Gasteiger charge is 2.25. The number of hydrogen-bond acceptors (Lipinski definition) is 2. The van der Waals surface area contributed by atoms with Crippen molar-refractivity contribution in [3.05, 3.63) is 54.6 Å². The minimum Gasteiger partial charge on any atom is -0.326 e. The second-order valence-electron chi connectivity index (χ2n) is 6.22. The highest BCUT2D eigenvalue weighted by atomic mass is 16.2. The van der Waals surface area contributed by atoms with Crippen LogP contribution in [0.25, 0.3) is 0 Å². The molecule has 0 unspecified atom stereocenters. The van der Waals surface area contributed by atoms with Crippen LogP contribution in [0.1, 0.15) is 27.2 Å². The smallest absolute Gasteiger partial charge is 0.323 e. The fourth-order valence-corrected chi connectivity index (χ4v) is 1.95. The number of anilines is 3. The minimum absolute atomic E-state index is 0.0455. The second-order valence-corrected chi connectivity index (χ2v) is 6.22. The van der Waals surface area contributed by atoms with Gasteiger partial charge in [-0.05, 0) is 36.8 Å². The molecular formula is C19H23N3O2. The Kier molecular flexibility index (Phi) is 5.58. The van der Waals surface area contributed by atoms with Crippen LogP contribution in [0.3, 0.4) is 0 Å². The molecule has 0 aromatic heterocycles. The zero-order valence-corrected chi connectivity index (χ0v) is 14.2. The topological polar surface area (TPSA) is 70.2 Å². The lowest BCUT2D eigenvalue weighted by atomic mass is 9.89. The quantitative estimate of drug-likeness (QED) is 0.745. The fraction of sp³-hybridized carbons (Fsp3) is 0.263. The Morgan fingerprint density at radius 3 is 2.00 bits per heavy atom. The van der Waals surface area contributed by atoms with E-state index in [-0.39, 0.29) is 11.9 Å². The van der Waals surface area contributed by atoms with Gasteiger partial charge in [-0.1, -0.05) is 45.0 Å². The van der Waals surface area contributed by atoms with Crippen molar-refractivity contribution in [3.63, 3.8) is 0 Å². The Balaban J connectivity index is 2.00. The van der Waals surface area contributed by atoms with Gasteiger partial charge in [-0.3, -0.25) is 4.79 Å². The Morgan fingerprint density at radius 2 is 1.38 bits per heavy atom. The molecule has 0 aliphatic heterocycles. The first kappa shape index (κ1) is 17.5. The molecule has 2 aromatic carbocycles. The van der Waals surface area contributed by atoms with Crippen molar-refractivity contribution in [2.75, 3.05) is 16.0 Å². The van der Waals surface area contributed by atoms with Gasteiger partial charge in [-0.25, -0.2) is 4.79 Å². The highest BCUT2D eigenvalue weighted by molar-refractivity contribution is 6.00. The summed E-state index contributed by atoms with van der Waals surface area (Å²) in [6.07, 6.45) is 0.746. The molecule has 5 nitrogen and oxygen atoms in total. The third-order valence-corrected chi connectivity index (χ3v) is 3.91. The molecule has 2 rings (SSSR count). The predicted molar refractivity (Wildman–Crippen MR) is 98.2 cm³/mol. The summed E-state index contributed by atoms with van der Waals surface area (Å²) in [7, 11) is 0. The van der Waals surface area contributed by atoms with E-state index in [0.717, 1.165) is 6.42 Å². The van der Waals surface area contributed by atoms with Crippen LogP contribution in [0.15, 0.2) is 54.6 Å². The molecule has 0 saturated carbocycles. The summed E-state index contributed by atoms with van der Waals surface area (Å²) in [5.74, 6) is -0.0455. The summed E-state index contributed by atoms with van der Waals surface area (Å²) in [6, 6.07) is 15.9. The summed E-state index contributed by atoms with van der Waals surface area (Å²) in [4.78, 5) is 24.2. The van der Waals surface area contributed by atoms with Gasteiger partial charge in [0.15, 0.2) is 0 Å². The molecule has 24 heavy (non-hydrogen) atoms. The summed E-state index contributed by atoms with van der Waals surface area (Å²) in [5, 5.41) is 8.39. The molecule has 0 bridgehead atoms. The van der Waals surface area contributed by atoms with E-state index in [2.05, 4.69) is 16.0 Å². The van der Waals surface area contributed by atoms with Gasteiger partial charge in [-0.2, -0.15) is 0 Å². The van der Waals surface area contributed by atoms with Crippen molar-refractivity contribution >= 4 is 29.0 Å². The number of hydrogen-bond donors (Lipinski definition) is 3. The van der Waals surface area contributed by atoms with E-state index < -0.39 is 5.41 Å². The molecule has 0 spiro atoms. The van der Waals surface area contributed by atoms with Gasteiger partial charge < -0.3 is 16.0 Å². The molecule has 2 aromatic rings. The molecule has 0 aliphatic rings. The van der Waals surface area contributed by atoms with Crippen LogP contribution in [0.2, 0.25) is 0 Å². The summed E-state index contributed by atoms with van der Waals surface area (Å²) in [5.41, 5.74) is 1.53. The Hall–Kier alpha value is -2.82. The van der Waals surface area contributed by atoms with E-state index in [1.165, 1.54) is 0 Å². The Bertz CT molecular complexity index is 712. The standard InChI is InChI=1S/C19H23N3O2/c1-4-19(2,3)17(23)20-15-11-8-12-16(13-15)22-18(24)21-14-9-6-5-7-10-14/h5-13H,4H2,1-3H3,(H,20,23)(H2,21,22,24). The van der Waals surface area contributed by atoms with Crippen LogP contribution in [0, 0.1) is 5.41 Å². The van der Waals surface area contributed by atoms with Crippen LogP contribution >= 0.6 is 0 Å². The lowest BCUT2D eigenvalue weighted by molar-refractivity contribution is -0.124. The van der Waals surface area contributed by atoms with Gasteiger partial charge in [-0.15, -0.1) is 0 Å². The van der Waals surface area contributed by atoms with Gasteiger partial charge in [0, 0.05) is 22.5 Å². The Labute approximate surface area is 142 Å². The van der Waals surface area contributed by atoms with Crippen LogP contribution in [0.4, 0.5) is 21.9 Å². The first-order valence-electron chi connectivity index (χ1n) is 7.95. The molecule has 3 N–H and O–H groups in total. The minimum atomic E-state index is -0.436. The highest BCUT2D eigenvalue weighted by Crippen LogP contribution is 2.23. The molecule has 0 fully saturated rings. The maximum absolute atomic E-state index is 12.2. The van der Waals surface area contributed by atoms with E-state index in [1.807, 2.05) is 51.1 Å². The molecule has 0 atom stereocenters. The van der Waals surface area contributed by atoms with Crippen LogP contribution in [-0.2, 0) is 4.79 Å². The number of rotatable bonds is 5. The molecule has 0 aliphatic carbocycles. The van der Waals surface area contributed by atoms with E-state index >= 15 is 0 Å². The molecular weight excluding hydrogens is 302 g/mol. The number of carbonyl (C=O) groups is 2. The van der Waals surface area contributed by atoms with Gasteiger partial charge >= 0.3 is 6.03 Å². The van der Waals surface area contributed by atoms with Crippen LogP contribution in [-0.4, -0.2) is 11.9 Å². The Morgan fingerprint density at radius 1 is 0.833 bits per heavy atom. The second kappa shape index (κ2) is 7.64. The van der Waals surface area contributed by atoms with E-state index in [4.69, 9.17) is 0 Å². The monoisotopic (exact) mass is 325 g/mol. The summed E-state index contributed by atoms with van der Waals surface area (Å²) >= 11 is 0. The average molecular weight is 325 g/mol. The van der Waals surface area contributed by atoms with Crippen molar-refractivity contribution < 1.29 is 9.59 Å². The zero-order chi connectivity index (χ0) is 17.6. The summed E-state index contributed by atoms with van der Waals surface area (Å²) in [6.45, 7) is 5.78. The molecule has 0 radical (unpaired) electrons. The lowest BCUT2D eigenvalue weighted by Gasteiger charge is -2.21. The largest absolute Gasteiger partial charge is 0.326 e. The van der Waals surface area contributed by atoms with E-state index in [0.29, 0.717) is 17.1 Å². The average Bonchev–Trinajstić information content (AvgIpc) is 2.56. The number of amides is 3. The molecule has 5 heteroatoms. The van der Waals surface area contributed by atoms with Gasteiger partial charge in [0.2, 0.25) is 5.91 Å². The summed E-state index contributed by atoms with van der Waals surface area (Å²) < 4.78 is 0. The number of para-hydroxylation sites is 1. The molecule has 3 amide bonds. The molecule has 0 heterocycles. The van der Waals surface area contributed by atoms with Crippen molar-refractivity contribution in [1.82, 2.24) is 0 Å². The van der Waals surface area contributed by atoms with E-state index in [1.54, 1.807) is 24.3 Å². The third kappa shape index (κ3) is 4.84. The van der Waals surface area contributed by atoms with Crippen LogP contribution in [0.5, 0.6) is 0 Å². The number of benzene rings is 2. The number of urea groups is 1. The first-order chi connectivity index (χ1) is 11.4. The molecule has 126 valence electrons. The fourth-order valence-electron chi connectivity index (χ4n) is 1.95. The van der Waals surface area contributed by atoms with E-state index in [9.17, 15) is 9.59 Å². The van der Waals surface area contributed by atoms with Gasteiger partial charge in [0.05, 0.1) is 0 Å². The lowest BCUT2D eigenvalue weighted by Crippen LogP contribution is -2.30. The maximum atomic E-state index is 12.2. The maximum Gasteiger partial charge on any atom is 0.323 e. The van der Waals surface area contributed by atoms with Crippen LogP contribution < -0.4 is 16.0 Å². The molecule has 0 saturated heterocycles. The van der Waals surface area contributed by atoms with Gasteiger partial charge in [0.25, 0.3) is 0 Å². The van der Waals surface area contributed by atoms with Crippen molar-refractivity contribution in [3.8, 4) is 0 Å². The normalized spacial score (nSPS) is 10.8. The third-order valence-electron chi connectivity index (χ3n) is 3.91. The van der Waals surface area contributed by atoms with Crippen molar-refractivity contribution in [1.29, 1.82) is 0 Å². The first-order valence-corrected chi connectivity index (χ1v) is 7.95. The predicted octanol–water partition coefficient (Wildman–Crippen LogP) is 4.71. The van der Waals surface area contributed by atoms with Crippen molar-refractivity contribution in [2.24, 2.45) is 5.41 Å². The SMILES string of the molecule is CCC(C)(C)C(=O)Nc1cccc(NC(=O)Nc2ccccc2)c1. The van der Waals surface area contributed by atoms with Gasteiger partial charge in [0.1, 0.15) is 0 Å². The number of nitrogens with one attached hydrogen (secondary N) is 3.